The van der Waals surface area contributed by atoms with Crippen LogP contribution in [-0.2, 0) is 15.0 Å². The van der Waals surface area contributed by atoms with Crippen molar-refractivity contribution in [3.05, 3.63) is 35.9 Å². The van der Waals surface area contributed by atoms with Crippen molar-refractivity contribution in [3.8, 4) is 0 Å². The standard InChI is InChI=1S/C20H28N2O3.ClH/c1-21(15-18(23)24)17-9-13-22(14-10-17)19(25)20(11-5-6-12-20)16-7-3-2-4-8-16;/h2-4,7-8,17H,5-6,9-15H2,1H3,(H,23,24);1H. The van der Waals surface area contributed by atoms with E-state index in [0.29, 0.717) is 0 Å². The number of nitrogens with zero attached hydrogens (tertiary/aromatic N) is 2. The number of rotatable bonds is 5. The highest BCUT2D eigenvalue weighted by atomic mass is 35.5. The quantitative estimate of drug-likeness (QED) is 0.853. The first-order valence-corrected chi connectivity index (χ1v) is 9.30. The van der Waals surface area contributed by atoms with Gasteiger partial charge in [-0.05, 0) is 38.3 Å². The van der Waals surface area contributed by atoms with Crippen molar-refractivity contribution in [2.75, 3.05) is 26.7 Å². The Morgan fingerprint density at radius 3 is 2.27 bits per heavy atom. The SMILES string of the molecule is CN(CC(=O)O)C1CCN(C(=O)C2(c3ccccc3)CCCC2)CC1.Cl. The molecule has 0 bridgehead atoms. The molecule has 2 aliphatic rings. The molecule has 2 fully saturated rings. The van der Waals surface area contributed by atoms with Gasteiger partial charge >= 0.3 is 5.97 Å². The van der Waals surface area contributed by atoms with Crippen LogP contribution in [0.3, 0.4) is 0 Å². The lowest BCUT2D eigenvalue weighted by Crippen LogP contribution is -2.51. The van der Waals surface area contributed by atoms with Crippen LogP contribution in [-0.4, -0.2) is 59.5 Å². The Balaban J connectivity index is 0.00000243. The second kappa shape index (κ2) is 8.87. The molecule has 1 amide bonds. The number of carbonyl (C=O) groups is 2. The van der Waals surface area contributed by atoms with Crippen LogP contribution in [0, 0.1) is 0 Å². The van der Waals surface area contributed by atoms with Crippen molar-refractivity contribution in [2.45, 2.75) is 50.0 Å². The summed E-state index contributed by atoms with van der Waals surface area (Å²) in [6.07, 6.45) is 5.79. The van der Waals surface area contributed by atoms with Crippen molar-refractivity contribution in [1.29, 1.82) is 0 Å². The minimum absolute atomic E-state index is 0. The van der Waals surface area contributed by atoms with Crippen molar-refractivity contribution >= 4 is 24.3 Å². The van der Waals surface area contributed by atoms with Gasteiger partial charge in [0.1, 0.15) is 0 Å². The molecule has 1 N–H and O–H groups in total. The fraction of sp³-hybridized carbons (Fsp3) is 0.600. The van der Waals surface area contributed by atoms with Gasteiger partial charge < -0.3 is 10.0 Å². The maximum absolute atomic E-state index is 13.4. The monoisotopic (exact) mass is 380 g/mol. The summed E-state index contributed by atoms with van der Waals surface area (Å²) in [7, 11) is 1.86. The third kappa shape index (κ3) is 4.21. The summed E-state index contributed by atoms with van der Waals surface area (Å²) in [5.41, 5.74) is 0.809. The molecule has 1 heterocycles. The first-order chi connectivity index (χ1) is 12.0. The number of aliphatic carboxylic acids is 1. The van der Waals surface area contributed by atoms with Gasteiger partial charge in [0.15, 0.2) is 0 Å². The van der Waals surface area contributed by atoms with Crippen molar-refractivity contribution < 1.29 is 14.7 Å². The van der Waals surface area contributed by atoms with Crippen LogP contribution in [0.25, 0.3) is 0 Å². The zero-order valence-corrected chi connectivity index (χ0v) is 16.2. The molecule has 26 heavy (non-hydrogen) atoms. The van der Waals surface area contributed by atoms with Gasteiger partial charge in [-0.2, -0.15) is 0 Å². The van der Waals surface area contributed by atoms with Gasteiger partial charge in [0.2, 0.25) is 5.91 Å². The van der Waals surface area contributed by atoms with E-state index in [2.05, 4.69) is 12.1 Å². The van der Waals surface area contributed by atoms with Gasteiger partial charge in [0, 0.05) is 19.1 Å². The maximum Gasteiger partial charge on any atom is 0.317 e. The molecule has 0 radical (unpaired) electrons. The Kier molecular flexibility index (Phi) is 7.07. The van der Waals surface area contributed by atoms with Crippen LogP contribution in [0.2, 0.25) is 0 Å². The lowest BCUT2D eigenvalue weighted by molar-refractivity contribution is -0.141. The van der Waals surface area contributed by atoms with Crippen LogP contribution in [0.15, 0.2) is 30.3 Å². The number of amides is 1. The first kappa shape index (κ1) is 20.7. The maximum atomic E-state index is 13.4. The third-order valence-corrected chi connectivity index (χ3v) is 5.95. The highest BCUT2D eigenvalue weighted by Gasteiger charge is 2.45. The minimum Gasteiger partial charge on any atom is -0.480 e. The molecule has 0 unspecified atom stereocenters. The summed E-state index contributed by atoms with van der Waals surface area (Å²) in [6.45, 7) is 1.51. The highest BCUT2D eigenvalue weighted by Crippen LogP contribution is 2.43. The predicted molar refractivity (Wildman–Crippen MR) is 104 cm³/mol. The van der Waals surface area contributed by atoms with Gasteiger partial charge in [-0.25, -0.2) is 0 Å². The normalized spacial score (nSPS) is 20.0. The largest absolute Gasteiger partial charge is 0.480 e. The molecule has 5 nitrogen and oxygen atoms in total. The average Bonchev–Trinajstić information content (AvgIpc) is 3.12. The highest BCUT2D eigenvalue weighted by molar-refractivity contribution is 5.88. The second-order valence-electron chi connectivity index (χ2n) is 7.49. The van der Waals surface area contributed by atoms with Crippen LogP contribution < -0.4 is 0 Å². The van der Waals surface area contributed by atoms with E-state index in [0.717, 1.165) is 57.2 Å². The van der Waals surface area contributed by atoms with Crippen LogP contribution in [0.4, 0.5) is 0 Å². The van der Waals surface area contributed by atoms with E-state index in [9.17, 15) is 9.59 Å². The third-order valence-electron chi connectivity index (χ3n) is 5.95. The molecule has 6 heteroatoms. The molecule has 1 aromatic carbocycles. The number of hydrogen-bond donors (Lipinski definition) is 1. The van der Waals surface area contributed by atoms with Crippen LogP contribution >= 0.6 is 12.4 Å². The summed E-state index contributed by atoms with van der Waals surface area (Å²) in [5.74, 6) is -0.523. The van der Waals surface area contributed by atoms with Gasteiger partial charge in [0.05, 0.1) is 12.0 Å². The number of carboxylic acid groups (broad SMARTS) is 1. The predicted octanol–water partition coefficient (Wildman–Crippen LogP) is 2.93. The van der Waals surface area contributed by atoms with Crippen LogP contribution in [0.1, 0.15) is 44.1 Å². The second-order valence-corrected chi connectivity index (χ2v) is 7.49. The Bertz CT molecular complexity index is 609. The van der Waals surface area contributed by atoms with E-state index in [4.69, 9.17) is 5.11 Å². The van der Waals surface area contributed by atoms with E-state index in [-0.39, 0.29) is 36.3 Å². The molecule has 1 saturated heterocycles. The van der Waals surface area contributed by atoms with Crippen molar-refractivity contribution in [2.24, 2.45) is 0 Å². The van der Waals surface area contributed by atoms with E-state index < -0.39 is 5.97 Å². The molecular weight excluding hydrogens is 352 g/mol. The van der Waals surface area contributed by atoms with Gasteiger partial charge in [-0.15, -0.1) is 12.4 Å². The molecule has 1 aliphatic carbocycles. The lowest BCUT2D eigenvalue weighted by Gasteiger charge is -2.40. The number of piperidine rings is 1. The number of halogens is 1. The molecule has 1 aliphatic heterocycles. The molecule has 1 saturated carbocycles. The van der Waals surface area contributed by atoms with E-state index in [1.165, 1.54) is 0 Å². The number of carbonyl (C=O) groups excluding carboxylic acids is 1. The van der Waals surface area contributed by atoms with E-state index in [1.807, 2.05) is 35.0 Å². The Morgan fingerprint density at radius 1 is 1.15 bits per heavy atom. The summed E-state index contributed by atoms with van der Waals surface area (Å²) < 4.78 is 0. The lowest BCUT2D eigenvalue weighted by atomic mass is 9.77. The number of carboxylic acids is 1. The summed E-state index contributed by atoms with van der Waals surface area (Å²) in [6, 6.07) is 10.5. The molecule has 1 aromatic rings. The Morgan fingerprint density at radius 2 is 1.73 bits per heavy atom. The topological polar surface area (TPSA) is 60.9 Å². The Labute approximate surface area is 161 Å². The average molecular weight is 381 g/mol. The molecule has 144 valence electrons. The molecule has 0 aromatic heterocycles. The number of likely N-dealkylation sites (tertiary alicyclic amines) is 1. The first-order valence-electron chi connectivity index (χ1n) is 9.30. The smallest absolute Gasteiger partial charge is 0.317 e. The number of hydrogen-bond acceptors (Lipinski definition) is 3. The van der Waals surface area contributed by atoms with Gasteiger partial charge in [-0.1, -0.05) is 43.2 Å². The van der Waals surface area contributed by atoms with Crippen LogP contribution in [0.5, 0.6) is 0 Å². The summed E-state index contributed by atoms with van der Waals surface area (Å²) in [5, 5.41) is 8.95. The number of benzene rings is 1. The zero-order valence-electron chi connectivity index (χ0n) is 15.4. The van der Waals surface area contributed by atoms with Gasteiger partial charge in [0.25, 0.3) is 0 Å². The van der Waals surface area contributed by atoms with Crippen molar-refractivity contribution in [1.82, 2.24) is 9.80 Å². The molecule has 0 spiro atoms. The molecule has 3 rings (SSSR count). The summed E-state index contributed by atoms with van der Waals surface area (Å²) in [4.78, 5) is 28.2. The fourth-order valence-corrected chi connectivity index (χ4v) is 4.52. The van der Waals surface area contributed by atoms with Crippen molar-refractivity contribution in [3.63, 3.8) is 0 Å². The molecular formula is C20H29ClN2O3. The summed E-state index contributed by atoms with van der Waals surface area (Å²) >= 11 is 0. The van der Waals surface area contributed by atoms with Gasteiger partial charge in [-0.3, -0.25) is 14.5 Å². The zero-order chi connectivity index (χ0) is 17.9. The molecule has 0 atom stereocenters. The Hall–Kier alpha value is -1.59. The minimum atomic E-state index is -0.796. The number of likely N-dealkylation sites (N-methyl/N-ethyl adjacent to an activating group) is 1. The van der Waals surface area contributed by atoms with E-state index >= 15 is 0 Å². The van der Waals surface area contributed by atoms with E-state index in [1.54, 1.807) is 0 Å². The fourth-order valence-electron chi connectivity index (χ4n) is 4.52.